The van der Waals surface area contributed by atoms with Gasteiger partial charge in [0.05, 0.1) is 16.6 Å². The lowest BCUT2D eigenvalue weighted by Gasteiger charge is -2.26. The maximum Gasteiger partial charge on any atom is 0.257 e. The maximum absolute atomic E-state index is 12.0. The molecule has 1 amide bonds. The summed E-state index contributed by atoms with van der Waals surface area (Å²) in [5.41, 5.74) is 2.59. The minimum atomic E-state index is -0.297. The highest BCUT2D eigenvalue weighted by molar-refractivity contribution is 7.99. The number of carbonyl (C=O) groups is 1. The van der Waals surface area contributed by atoms with E-state index in [1.54, 1.807) is 17.8 Å². The summed E-state index contributed by atoms with van der Waals surface area (Å²) < 4.78 is 5.82. The maximum atomic E-state index is 12.0. The molecule has 0 bridgehead atoms. The van der Waals surface area contributed by atoms with Crippen LogP contribution in [-0.4, -0.2) is 27.9 Å². The molecular formula is C17H15N3O2S. The third-order valence-electron chi connectivity index (χ3n) is 3.68. The number of carbonyl (C=O) groups excluding carboxylic acids is 1. The van der Waals surface area contributed by atoms with Crippen LogP contribution in [0.25, 0.3) is 11.0 Å². The minimum absolute atomic E-state index is 0.0782. The number of H-pyrrole nitrogens is 1. The van der Waals surface area contributed by atoms with Gasteiger partial charge in [-0.2, -0.15) is 0 Å². The smallest absolute Gasteiger partial charge is 0.257 e. The second-order valence-electron chi connectivity index (χ2n) is 5.27. The number of ether oxygens (including phenoxy) is 1. The summed E-state index contributed by atoms with van der Waals surface area (Å²) in [6.07, 6.45) is 0.413. The Bertz CT molecular complexity index is 829. The minimum Gasteiger partial charge on any atom is -0.470 e. The number of hydrogen-bond acceptors (Lipinski definition) is 4. The van der Waals surface area contributed by atoms with Crippen LogP contribution >= 0.6 is 11.8 Å². The molecule has 0 unspecified atom stereocenters. The zero-order valence-corrected chi connectivity index (χ0v) is 13.1. The first-order valence-corrected chi connectivity index (χ1v) is 8.42. The third-order valence-corrected chi connectivity index (χ3v) is 4.59. The molecule has 0 fully saturated rings. The van der Waals surface area contributed by atoms with Crippen molar-refractivity contribution in [2.75, 3.05) is 5.75 Å². The molecular weight excluding hydrogens is 310 g/mol. The van der Waals surface area contributed by atoms with Crippen LogP contribution in [0.1, 0.15) is 16.8 Å². The molecule has 0 saturated heterocycles. The Morgan fingerprint density at radius 1 is 1.13 bits per heavy atom. The lowest BCUT2D eigenvalue weighted by atomic mass is 10.1. The highest BCUT2D eigenvalue weighted by Gasteiger charge is 2.24. The SMILES string of the molecule is O=C1N[C@@H](CCSc2nc3ccccc3[nH]2)Oc2ccccc21. The fourth-order valence-corrected chi connectivity index (χ4v) is 3.43. The number of amides is 1. The lowest BCUT2D eigenvalue weighted by Crippen LogP contribution is -2.43. The number of imidazole rings is 1. The normalized spacial score (nSPS) is 16.7. The highest BCUT2D eigenvalue weighted by atomic mass is 32.2. The van der Waals surface area contributed by atoms with Gasteiger partial charge < -0.3 is 15.0 Å². The number of para-hydroxylation sites is 3. The first kappa shape index (κ1) is 14.1. The number of nitrogens with zero attached hydrogens (tertiary/aromatic N) is 1. The molecule has 0 spiro atoms. The molecule has 2 aromatic carbocycles. The number of hydrogen-bond donors (Lipinski definition) is 2. The van der Waals surface area contributed by atoms with E-state index in [-0.39, 0.29) is 12.1 Å². The predicted octanol–water partition coefficient (Wildman–Crippen LogP) is 3.19. The van der Waals surface area contributed by atoms with Crippen molar-refractivity contribution in [2.45, 2.75) is 17.8 Å². The van der Waals surface area contributed by atoms with E-state index in [1.807, 2.05) is 42.5 Å². The fraction of sp³-hybridized carbons (Fsp3) is 0.176. The summed E-state index contributed by atoms with van der Waals surface area (Å²) in [6, 6.07) is 15.2. The molecule has 0 aliphatic carbocycles. The highest BCUT2D eigenvalue weighted by Crippen LogP contribution is 2.25. The van der Waals surface area contributed by atoms with E-state index in [0.717, 1.165) is 21.9 Å². The molecule has 5 nitrogen and oxygen atoms in total. The fourth-order valence-electron chi connectivity index (χ4n) is 2.56. The Morgan fingerprint density at radius 3 is 2.87 bits per heavy atom. The predicted molar refractivity (Wildman–Crippen MR) is 89.8 cm³/mol. The van der Waals surface area contributed by atoms with Gasteiger partial charge >= 0.3 is 0 Å². The second kappa shape index (κ2) is 5.96. The molecule has 2 heterocycles. The molecule has 2 N–H and O–H groups in total. The summed E-state index contributed by atoms with van der Waals surface area (Å²) in [4.78, 5) is 19.8. The summed E-state index contributed by atoms with van der Waals surface area (Å²) in [5.74, 6) is 1.37. The third kappa shape index (κ3) is 2.90. The van der Waals surface area contributed by atoms with Crippen LogP contribution in [0.5, 0.6) is 5.75 Å². The van der Waals surface area contributed by atoms with Crippen LogP contribution in [0.2, 0.25) is 0 Å². The summed E-state index contributed by atoms with van der Waals surface area (Å²) >= 11 is 1.62. The average molecular weight is 325 g/mol. The van der Waals surface area contributed by atoms with Crippen molar-refractivity contribution in [2.24, 2.45) is 0 Å². The van der Waals surface area contributed by atoms with E-state index >= 15 is 0 Å². The van der Waals surface area contributed by atoms with Gasteiger partial charge in [0.15, 0.2) is 11.4 Å². The van der Waals surface area contributed by atoms with Crippen molar-refractivity contribution in [1.29, 1.82) is 0 Å². The Morgan fingerprint density at radius 2 is 1.96 bits per heavy atom. The van der Waals surface area contributed by atoms with Crippen molar-refractivity contribution in [1.82, 2.24) is 15.3 Å². The van der Waals surface area contributed by atoms with Gasteiger partial charge in [-0.3, -0.25) is 4.79 Å². The monoisotopic (exact) mass is 325 g/mol. The quantitative estimate of drug-likeness (QED) is 0.723. The number of benzene rings is 2. The van der Waals surface area contributed by atoms with E-state index in [1.165, 1.54) is 0 Å². The van der Waals surface area contributed by atoms with Gasteiger partial charge in [-0.1, -0.05) is 36.0 Å². The molecule has 1 atom stereocenters. The van der Waals surface area contributed by atoms with Gasteiger partial charge in [-0.25, -0.2) is 4.98 Å². The van der Waals surface area contributed by atoms with Crippen LogP contribution < -0.4 is 10.1 Å². The Balaban J connectivity index is 1.37. The Labute approximate surface area is 137 Å². The van der Waals surface area contributed by atoms with Crippen molar-refractivity contribution in [3.8, 4) is 5.75 Å². The number of nitrogens with one attached hydrogen (secondary N) is 2. The van der Waals surface area contributed by atoms with Crippen molar-refractivity contribution >= 4 is 28.7 Å². The van der Waals surface area contributed by atoms with Gasteiger partial charge in [0.1, 0.15) is 5.75 Å². The zero-order valence-electron chi connectivity index (χ0n) is 12.3. The number of aromatic amines is 1. The van der Waals surface area contributed by atoms with Gasteiger partial charge in [0, 0.05) is 12.2 Å². The first-order valence-electron chi connectivity index (χ1n) is 7.44. The van der Waals surface area contributed by atoms with Gasteiger partial charge in [-0.05, 0) is 24.3 Å². The molecule has 0 radical (unpaired) electrons. The second-order valence-corrected chi connectivity index (χ2v) is 6.36. The van der Waals surface area contributed by atoms with E-state index in [9.17, 15) is 4.79 Å². The van der Waals surface area contributed by atoms with E-state index in [0.29, 0.717) is 17.7 Å². The molecule has 6 heteroatoms. The Hall–Kier alpha value is -2.47. The first-order chi connectivity index (χ1) is 11.3. The van der Waals surface area contributed by atoms with Crippen LogP contribution in [0.15, 0.2) is 53.7 Å². The summed E-state index contributed by atoms with van der Waals surface area (Å²) in [5, 5.41) is 3.76. The van der Waals surface area contributed by atoms with Gasteiger partial charge in [0.2, 0.25) is 0 Å². The summed E-state index contributed by atoms with van der Waals surface area (Å²) in [7, 11) is 0. The molecule has 3 aromatic rings. The molecule has 23 heavy (non-hydrogen) atoms. The van der Waals surface area contributed by atoms with Crippen molar-refractivity contribution < 1.29 is 9.53 Å². The molecule has 0 saturated carbocycles. The van der Waals surface area contributed by atoms with Crippen molar-refractivity contribution in [3.63, 3.8) is 0 Å². The van der Waals surface area contributed by atoms with Gasteiger partial charge in [0.25, 0.3) is 5.91 Å². The molecule has 1 aromatic heterocycles. The van der Waals surface area contributed by atoms with Crippen LogP contribution in [0.4, 0.5) is 0 Å². The average Bonchev–Trinajstić information content (AvgIpc) is 2.98. The largest absolute Gasteiger partial charge is 0.470 e. The van der Waals surface area contributed by atoms with E-state index in [4.69, 9.17) is 4.74 Å². The van der Waals surface area contributed by atoms with Crippen LogP contribution in [-0.2, 0) is 0 Å². The number of fused-ring (bicyclic) bond motifs is 2. The standard InChI is InChI=1S/C17H15N3O2S/c21-16-11-5-1-4-8-14(11)22-15(20-16)9-10-23-17-18-12-6-2-3-7-13(12)19-17/h1-8,15H,9-10H2,(H,18,19)(H,20,21)/t15-/m1/s1. The van der Waals surface area contributed by atoms with Gasteiger partial charge in [-0.15, -0.1) is 0 Å². The lowest BCUT2D eigenvalue weighted by molar-refractivity contribution is 0.0752. The van der Waals surface area contributed by atoms with Crippen molar-refractivity contribution in [3.05, 3.63) is 54.1 Å². The number of aromatic nitrogens is 2. The zero-order chi connectivity index (χ0) is 15.6. The number of thioether (sulfide) groups is 1. The van der Waals surface area contributed by atoms with E-state index in [2.05, 4.69) is 15.3 Å². The molecule has 4 rings (SSSR count). The summed E-state index contributed by atoms with van der Waals surface area (Å²) in [6.45, 7) is 0. The van der Waals surface area contributed by atoms with Crippen LogP contribution in [0, 0.1) is 0 Å². The van der Waals surface area contributed by atoms with Crippen LogP contribution in [0.3, 0.4) is 0 Å². The van der Waals surface area contributed by atoms with E-state index < -0.39 is 0 Å². The molecule has 1 aliphatic heterocycles. The molecule has 116 valence electrons. The number of rotatable bonds is 4. The Kier molecular flexibility index (Phi) is 3.67. The topological polar surface area (TPSA) is 67.0 Å². The molecule has 1 aliphatic rings.